The molecule has 3 heterocycles. The predicted octanol–water partition coefficient (Wildman–Crippen LogP) is 4.05. The Balaban J connectivity index is 1.49. The minimum Gasteiger partial charge on any atom is -0.492 e. The zero-order chi connectivity index (χ0) is 26.6. The Hall–Kier alpha value is -4.44. The second-order valence-electron chi connectivity index (χ2n) is 9.24. The lowest BCUT2D eigenvalue weighted by Gasteiger charge is -2.35. The van der Waals surface area contributed by atoms with Gasteiger partial charge in [0.25, 0.3) is 0 Å². The van der Waals surface area contributed by atoms with Crippen LogP contribution < -0.4 is 20.3 Å². The first-order valence-corrected chi connectivity index (χ1v) is 12.6. The lowest BCUT2D eigenvalue weighted by Crippen LogP contribution is -2.44. The summed E-state index contributed by atoms with van der Waals surface area (Å²) in [4.78, 5) is 25.8. The maximum Gasteiger partial charge on any atom is 0.247 e. The number of carbonyl (C=O) groups excluding carboxylic acids is 1. The van der Waals surface area contributed by atoms with E-state index >= 15 is 0 Å². The summed E-state index contributed by atoms with van der Waals surface area (Å²) in [6, 6.07) is 11.9. The van der Waals surface area contributed by atoms with E-state index < -0.39 is 0 Å². The van der Waals surface area contributed by atoms with Crippen LogP contribution in [0.4, 0.5) is 22.9 Å². The molecule has 0 atom stereocenters. The Morgan fingerprint density at radius 2 is 1.89 bits per heavy atom. The number of aromatic nitrogens is 4. The third-order valence-corrected chi connectivity index (χ3v) is 6.66. The van der Waals surface area contributed by atoms with Crippen LogP contribution in [0, 0.1) is 0 Å². The molecule has 5 rings (SSSR count). The van der Waals surface area contributed by atoms with Gasteiger partial charge >= 0.3 is 0 Å². The van der Waals surface area contributed by atoms with Gasteiger partial charge in [-0.05, 0) is 38.2 Å². The summed E-state index contributed by atoms with van der Waals surface area (Å²) in [6.07, 6.45) is 4.64. The summed E-state index contributed by atoms with van der Waals surface area (Å²) >= 11 is 0. The molecular formula is C28H32N8O2. The van der Waals surface area contributed by atoms with E-state index in [1.807, 2.05) is 55.2 Å². The molecule has 10 nitrogen and oxygen atoms in total. The Labute approximate surface area is 221 Å². The van der Waals surface area contributed by atoms with Crippen LogP contribution in [0.15, 0.2) is 61.6 Å². The van der Waals surface area contributed by atoms with Gasteiger partial charge in [-0.2, -0.15) is 5.10 Å². The first-order valence-electron chi connectivity index (χ1n) is 12.6. The van der Waals surface area contributed by atoms with Crippen LogP contribution in [0.3, 0.4) is 0 Å². The molecule has 0 spiro atoms. The fourth-order valence-electron chi connectivity index (χ4n) is 4.58. The number of nitrogens with zero attached hydrogens (tertiary/aromatic N) is 6. The molecule has 0 unspecified atom stereocenters. The van der Waals surface area contributed by atoms with E-state index in [0.717, 1.165) is 54.0 Å². The van der Waals surface area contributed by atoms with Crippen molar-refractivity contribution in [2.75, 3.05) is 55.4 Å². The predicted molar refractivity (Wildman–Crippen MR) is 151 cm³/mol. The fraction of sp³-hybridized carbons (Fsp3) is 0.286. The minimum atomic E-state index is -0.273. The Morgan fingerprint density at radius 1 is 1.08 bits per heavy atom. The Morgan fingerprint density at radius 3 is 2.66 bits per heavy atom. The summed E-state index contributed by atoms with van der Waals surface area (Å²) in [6.45, 7) is 9.63. The molecule has 4 aromatic rings. The number of piperazine rings is 1. The average Bonchev–Trinajstić information content (AvgIpc) is 3.30. The number of likely N-dealkylation sites (N-methyl/N-ethyl adjacent to an activating group) is 1. The second-order valence-corrected chi connectivity index (χ2v) is 9.24. The Bertz CT molecular complexity index is 1470. The first-order chi connectivity index (χ1) is 18.4. The van der Waals surface area contributed by atoms with Gasteiger partial charge in [-0.15, -0.1) is 0 Å². The normalized spacial score (nSPS) is 13.9. The van der Waals surface area contributed by atoms with Crippen LogP contribution in [0.25, 0.3) is 22.2 Å². The summed E-state index contributed by atoms with van der Waals surface area (Å²) < 4.78 is 7.87. The molecule has 0 saturated carbocycles. The lowest BCUT2D eigenvalue weighted by atomic mass is 10.1. The van der Waals surface area contributed by atoms with Crippen molar-refractivity contribution in [2.45, 2.75) is 6.92 Å². The highest BCUT2D eigenvalue weighted by Crippen LogP contribution is 2.39. The highest BCUT2D eigenvalue weighted by atomic mass is 16.5. The van der Waals surface area contributed by atoms with Gasteiger partial charge in [0.05, 0.1) is 41.1 Å². The number of benzene rings is 2. The topological polar surface area (TPSA) is 100 Å². The summed E-state index contributed by atoms with van der Waals surface area (Å²) in [5.41, 5.74) is 5.08. The van der Waals surface area contributed by atoms with Gasteiger partial charge in [-0.3, -0.25) is 9.48 Å². The van der Waals surface area contributed by atoms with Crippen LogP contribution in [-0.2, 0) is 11.8 Å². The number of rotatable bonds is 8. The van der Waals surface area contributed by atoms with Crippen LogP contribution in [-0.4, -0.2) is 70.4 Å². The standard InChI is InChI=1S/C28H32N8O2/c1-5-28(37)33-22-14-23(26(38-6-2)16-25(22)36-11-9-34(3)10-12-36)32-27-15-21(29-18-30-27)19-7-8-24-20(13-19)17-31-35(24)4/h5,7-8,13-18H,1,6,9-12H2,2-4H3,(H,33,37)(H,29,30,32). The smallest absolute Gasteiger partial charge is 0.247 e. The third-order valence-electron chi connectivity index (χ3n) is 6.66. The van der Waals surface area contributed by atoms with E-state index in [9.17, 15) is 4.79 Å². The van der Waals surface area contributed by atoms with Crippen molar-refractivity contribution in [3.63, 3.8) is 0 Å². The van der Waals surface area contributed by atoms with Crippen molar-refractivity contribution in [2.24, 2.45) is 7.05 Å². The largest absolute Gasteiger partial charge is 0.492 e. The number of amides is 1. The van der Waals surface area contributed by atoms with Gasteiger partial charge in [0.2, 0.25) is 5.91 Å². The van der Waals surface area contributed by atoms with Gasteiger partial charge in [0.15, 0.2) is 0 Å². The maximum absolute atomic E-state index is 12.3. The number of fused-ring (bicyclic) bond motifs is 1. The second kappa shape index (κ2) is 10.9. The summed E-state index contributed by atoms with van der Waals surface area (Å²) in [5, 5.41) is 11.7. The number of anilines is 4. The van der Waals surface area contributed by atoms with Gasteiger partial charge in [-0.25, -0.2) is 9.97 Å². The Kier molecular flexibility index (Phi) is 7.23. The molecule has 1 aliphatic rings. The molecule has 2 aromatic heterocycles. The van der Waals surface area contributed by atoms with E-state index in [-0.39, 0.29) is 5.91 Å². The van der Waals surface area contributed by atoms with Crippen LogP contribution >= 0.6 is 0 Å². The number of carbonyl (C=O) groups is 1. The van der Waals surface area contributed by atoms with Gasteiger partial charge in [0, 0.05) is 56.3 Å². The van der Waals surface area contributed by atoms with Gasteiger partial charge in [-0.1, -0.05) is 12.6 Å². The molecule has 196 valence electrons. The van der Waals surface area contributed by atoms with Crippen LogP contribution in [0.2, 0.25) is 0 Å². The number of hydrogen-bond acceptors (Lipinski definition) is 8. The van der Waals surface area contributed by atoms with E-state index in [0.29, 0.717) is 29.5 Å². The quantitative estimate of drug-likeness (QED) is 0.341. The van der Waals surface area contributed by atoms with Crippen molar-refractivity contribution in [1.82, 2.24) is 24.6 Å². The summed E-state index contributed by atoms with van der Waals surface area (Å²) in [5.74, 6) is 1.01. The zero-order valence-corrected chi connectivity index (χ0v) is 21.9. The molecule has 0 bridgehead atoms. The highest BCUT2D eigenvalue weighted by molar-refractivity contribution is 6.02. The monoisotopic (exact) mass is 512 g/mol. The summed E-state index contributed by atoms with van der Waals surface area (Å²) in [7, 11) is 4.03. The fourth-order valence-corrected chi connectivity index (χ4v) is 4.58. The van der Waals surface area contributed by atoms with E-state index in [4.69, 9.17) is 4.74 Å². The molecule has 0 aliphatic carbocycles. The van der Waals surface area contributed by atoms with Gasteiger partial charge < -0.3 is 25.2 Å². The molecule has 38 heavy (non-hydrogen) atoms. The molecule has 1 fully saturated rings. The highest BCUT2D eigenvalue weighted by Gasteiger charge is 2.21. The minimum absolute atomic E-state index is 0.273. The number of nitrogens with one attached hydrogen (secondary N) is 2. The molecule has 10 heteroatoms. The van der Waals surface area contributed by atoms with E-state index in [1.54, 1.807) is 0 Å². The zero-order valence-electron chi connectivity index (χ0n) is 21.9. The maximum atomic E-state index is 12.3. The van der Waals surface area contributed by atoms with Crippen molar-refractivity contribution < 1.29 is 9.53 Å². The van der Waals surface area contributed by atoms with Crippen molar-refractivity contribution >= 4 is 39.7 Å². The molecule has 0 radical (unpaired) electrons. The van der Waals surface area contributed by atoms with Crippen molar-refractivity contribution in [3.05, 3.63) is 61.6 Å². The van der Waals surface area contributed by atoms with Crippen LogP contribution in [0.1, 0.15) is 6.92 Å². The third kappa shape index (κ3) is 5.30. The molecule has 1 amide bonds. The molecule has 2 aromatic carbocycles. The van der Waals surface area contributed by atoms with Crippen molar-refractivity contribution in [3.8, 4) is 17.0 Å². The van der Waals surface area contributed by atoms with E-state index in [1.165, 1.54) is 12.4 Å². The van der Waals surface area contributed by atoms with Crippen LogP contribution in [0.5, 0.6) is 5.75 Å². The van der Waals surface area contributed by atoms with Gasteiger partial charge in [0.1, 0.15) is 17.9 Å². The average molecular weight is 513 g/mol. The molecule has 2 N–H and O–H groups in total. The first kappa shape index (κ1) is 25.2. The number of hydrogen-bond donors (Lipinski definition) is 2. The number of ether oxygens (including phenoxy) is 1. The molecular weight excluding hydrogens is 480 g/mol. The SMILES string of the molecule is C=CC(=O)Nc1cc(Nc2cc(-c3ccc4c(cnn4C)c3)ncn2)c(OCC)cc1N1CCN(C)CC1. The molecule has 1 aliphatic heterocycles. The number of aryl methyl sites for hydroxylation is 1. The van der Waals surface area contributed by atoms with Crippen molar-refractivity contribution in [1.29, 1.82) is 0 Å². The molecule has 1 saturated heterocycles. The van der Waals surface area contributed by atoms with E-state index in [2.05, 4.69) is 55.2 Å². The lowest BCUT2D eigenvalue weighted by molar-refractivity contribution is -0.111.